The third-order valence-electron chi connectivity index (χ3n) is 3.67. The lowest BCUT2D eigenvalue weighted by molar-refractivity contribution is -0.148. The molecule has 0 aromatic heterocycles. The first-order valence-electron chi connectivity index (χ1n) is 8.19. The van der Waals surface area contributed by atoms with E-state index in [1.165, 1.54) is 42.5 Å². The highest BCUT2D eigenvalue weighted by molar-refractivity contribution is 5.89. The van der Waals surface area contributed by atoms with Gasteiger partial charge in [0.2, 0.25) is 0 Å². The highest BCUT2D eigenvalue weighted by atomic mass is 35.5. The normalized spacial score (nSPS) is 12.4. The molecule has 2 rings (SSSR count). The number of halogens is 1. The number of nitrogens with two attached hydrogens (primary N) is 1. The molecule has 5 N–H and O–H groups in total. The largest absolute Gasteiger partial charge is 0.508 e. The van der Waals surface area contributed by atoms with Crippen molar-refractivity contribution in [2.45, 2.75) is 25.5 Å². The SMILES string of the molecule is C[C@H](COC(=O)[C@@H](N)Cc1ccc(O)c(O)c1)OC(=O)c1ccc(O)cc1.Cl. The van der Waals surface area contributed by atoms with Crippen molar-refractivity contribution in [2.24, 2.45) is 5.73 Å². The van der Waals surface area contributed by atoms with Gasteiger partial charge in [-0.2, -0.15) is 0 Å². The van der Waals surface area contributed by atoms with Crippen LogP contribution in [0.1, 0.15) is 22.8 Å². The lowest BCUT2D eigenvalue weighted by Crippen LogP contribution is -2.36. The van der Waals surface area contributed by atoms with Crippen molar-refractivity contribution in [3.8, 4) is 17.2 Å². The summed E-state index contributed by atoms with van der Waals surface area (Å²) in [6.45, 7) is 1.40. The van der Waals surface area contributed by atoms with Crippen molar-refractivity contribution in [2.75, 3.05) is 6.61 Å². The molecule has 0 saturated carbocycles. The Morgan fingerprint density at radius 3 is 2.29 bits per heavy atom. The number of benzene rings is 2. The van der Waals surface area contributed by atoms with Crippen molar-refractivity contribution in [3.63, 3.8) is 0 Å². The summed E-state index contributed by atoms with van der Waals surface area (Å²) in [4.78, 5) is 23.9. The van der Waals surface area contributed by atoms with Crippen molar-refractivity contribution in [3.05, 3.63) is 53.6 Å². The van der Waals surface area contributed by atoms with Crippen LogP contribution in [0.5, 0.6) is 17.2 Å². The zero-order valence-electron chi connectivity index (χ0n) is 15.1. The van der Waals surface area contributed by atoms with Crippen LogP contribution in [0, 0.1) is 0 Å². The lowest BCUT2D eigenvalue weighted by atomic mass is 10.1. The molecule has 28 heavy (non-hydrogen) atoms. The number of rotatable bonds is 7. The summed E-state index contributed by atoms with van der Waals surface area (Å²) in [6, 6.07) is 8.72. The van der Waals surface area contributed by atoms with Gasteiger partial charge in [0.15, 0.2) is 11.5 Å². The molecule has 152 valence electrons. The van der Waals surface area contributed by atoms with Gasteiger partial charge in [-0.1, -0.05) is 6.07 Å². The number of carbonyl (C=O) groups excluding carboxylic acids is 2. The zero-order chi connectivity index (χ0) is 20.0. The van der Waals surface area contributed by atoms with Gasteiger partial charge in [-0.25, -0.2) is 4.79 Å². The van der Waals surface area contributed by atoms with Crippen LogP contribution in [0.4, 0.5) is 0 Å². The van der Waals surface area contributed by atoms with Gasteiger partial charge in [-0.05, 0) is 55.3 Å². The van der Waals surface area contributed by atoms with E-state index in [0.29, 0.717) is 5.56 Å². The molecule has 0 fully saturated rings. The molecule has 0 amide bonds. The number of aromatic hydroxyl groups is 3. The number of carbonyl (C=O) groups is 2. The minimum absolute atomic E-state index is 0. The average molecular weight is 412 g/mol. The molecular formula is C19H22ClNO7. The Morgan fingerprint density at radius 1 is 1.04 bits per heavy atom. The predicted molar refractivity (Wildman–Crippen MR) is 103 cm³/mol. The Morgan fingerprint density at radius 2 is 1.68 bits per heavy atom. The number of hydrogen-bond acceptors (Lipinski definition) is 8. The highest BCUT2D eigenvalue weighted by Gasteiger charge is 2.19. The van der Waals surface area contributed by atoms with Crippen LogP contribution in [-0.4, -0.2) is 46.0 Å². The Bertz CT molecular complexity index is 810. The molecular weight excluding hydrogens is 390 g/mol. The van der Waals surface area contributed by atoms with Crippen molar-refractivity contribution >= 4 is 24.3 Å². The third kappa shape index (κ3) is 6.64. The van der Waals surface area contributed by atoms with Gasteiger partial charge in [-0.15, -0.1) is 12.4 Å². The molecule has 0 aliphatic carbocycles. The molecule has 0 saturated heterocycles. The smallest absolute Gasteiger partial charge is 0.338 e. The summed E-state index contributed by atoms with van der Waals surface area (Å²) in [6.07, 6.45) is -0.589. The maximum absolute atomic E-state index is 12.0. The van der Waals surface area contributed by atoms with Gasteiger partial charge in [-0.3, -0.25) is 4.79 Å². The second kappa shape index (κ2) is 10.4. The minimum Gasteiger partial charge on any atom is -0.508 e. The lowest BCUT2D eigenvalue weighted by Gasteiger charge is -2.16. The molecule has 0 unspecified atom stereocenters. The number of hydrogen-bond donors (Lipinski definition) is 4. The first kappa shape index (κ1) is 23.1. The summed E-state index contributed by atoms with van der Waals surface area (Å²) in [5.41, 5.74) is 6.60. The number of esters is 2. The first-order chi connectivity index (χ1) is 12.8. The van der Waals surface area contributed by atoms with Crippen LogP contribution in [0.15, 0.2) is 42.5 Å². The highest BCUT2D eigenvalue weighted by Crippen LogP contribution is 2.25. The topological polar surface area (TPSA) is 139 Å². The van der Waals surface area contributed by atoms with E-state index in [1.54, 1.807) is 6.92 Å². The van der Waals surface area contributed by atoms with Crippen LogP contribution in [0.25, 0.3) is 0 Å². The van der Waals surface area contributed by atoms with E-state index in [4.69, 9.17) is 15.2 Å². The minimum atomic E-state index is -0.978. The van der Waals surface area contributed by atoms with Crippen LogP contribution < -0.4 is 5.73 Å². The van der Waals surface area contributed by atoms with Gasteiger partial charge in [0.1, 0.15) is 24.5 Å². The van der Waals surface area contributed by atoms with E-state index in [9.17, 15) is 24.9 Å². The second-order valence-corrected chi connectivity index (χ2v) is 6.03. The van der Waals surface area contributed by atoms with E-state index < -0.39 is 24.1 Å². The summed E-state index contributed by atoms with van der Waals surface area (Å²) >= 11 is 0. The number of phenols is 3. The van der Waals surface area contributed by atoms with Gasteiger partial charge >= 0.3 is 11.9 Å². The summed E-state index contributed by atoms with van der Waals surface area (Å²) < 4.78 is 10.2. The fourth-order valence-electron chi connectivity index (χ4n) is 2.22. The van der Waals surface area contributed by atoms with E-state index in [2.05, 4.69) is 0 Å². The third-order valence-corrected chi connectivity index (χ3v) is 3.67. The molecule has 2 aromatic rings. The standard InChI is InChI=1S/C19H21NO7.ClH/c1-11(27-18(24)13-3-5-14(21)6-4-13)10-26-19(25)15(20)8-12-2-7-16(22)17(23)9-12;/h2-7,9,11,15,21-23H,8,10,20H2,1H3;1H/t11-,15+;/m1./s1. The molecule has 2 atom stereocenters. The zero-order valence-corrected chi connectivity index (χ0v) is 15.9. The van der Waals surface area contributed by atoms with Gasteiger partial charge in [0, 0.05) is 0 Å². The molecule has 0 aliphatic rings. The van der Waals surface area contributed by atoms with Crippen molar-refractivity contribution in [1.82, 2.24) is 0 Å². The van der Waals surface area contributed by atoms with Crippen LogP contribution in [-0.2, 0) is 20.7 Å². The van der Waals surface area contributed by atoms with E-state index in [0.717, 1.165) is 0 Å². The van der Waals surface area contributed by atoms with Gasteiger partial charge < -0.3 is 30.5 Å². The Kier molecular flexibility index (Phi) is 8.56. The molecule has 0 spiro atoms. The average Bonchev–Trinajstić information content (AvgIpc) is 2.63. The maximum atomic E-state index is 12.0. The molecule has 0 radical (unpaired) electrons. The summed E-state index contributed by atoms with van der Waals surface area (Å²) in [7, 11) is 0. The van der Waals surface area contributed by atoms with Crippen molar-refractivity contribution in [1.29, 1.82) is 0 Å². The molecule has 8 nitrogen and oxygen atoms in total. The van der Waals surface area contributed by atoms with Crippen LogP contribution in [0.2, 0.25) is 0 Å². The number of ether oxygens (including phenoxy) is 2. The maximum Gasteiger partial charge on any atom is 0.338 e. The van der Waals surface area contributed by atoms with E-state index >= 15 is 0 Å². The Labute approximate surface area is 167 Å². The van der Waals surface area contributed by atoms with Crippen LogP contribution >= 0.6 is 12.4 Å². The summed E-state index contributed by atoms with van der Waals surface area (Å²) in [5.74, 6) is -1.83. The van der Waals surface area contributed by atoms with Crippen molar-refractivity contribution < 1.29 is 34.4 Å². The van der Waals surface area contributed by atoms with E-state index in [1.807, 2.05) is 0 Å². The second-order valence-electron chi connectivity index (χ2n) is 6.03. The fourth-order valence-corrected chi connectivity index (χ4v) is 2.22. The van der Waals surface area contributed by atoms with Crippen LogP contribution in [0.3, 0.4) is 0 Å². The molecule has 0 bridgehead atoms. The molecule has 0 heterocycles. The van der Waals surface area contributed by atoms with E-state index in [-0.39, 0.29) is 48.2 Å². The van der Waals surface area contributed by atoms with Gasteiger partial charge in [0.05, 0.1) is 5.56 Å². The predicted octanol–water partition coefficient (Wildman–Crippen LogP) is 1.88. The quantitative estimate of drug-likeness (QED) is 0.400. The fraction of sp³-hybridized carbons (Fsp3) is 0.263. The first-order valence-corrected chi connectivity index (χ1v) is 8.19. The number of phenolic OH excluding ortho intramolecular Hbond substituents is 3. The van der Waals surface area contributed by atoms with Gasteiger partial charge in [0.25, 0.3) is 0 Å². The monoisotopic (exact) mass is 411 g/mol. The molecule has 0 aliphatic heterocycles. The molecule has 2 aromatic carbocycles. The summed E-state index contributed by atoms with van der Waals surface area (Å²) in [5, 5.41) is 27.9. The molecule has 9 heteroatoms. The Hall–Kier alpha value is -2.97. The Balaban J connectivity index is 0.00000392.